The molecule has 0 amide bonds. The Morgan fingerprint density at radius 1 is 1.25 bits per heavy atom. The number of ether oxygens (including phenoxy) is 1. The zero-order valence-corrected chi connectivity index (χ0v) is 10.6. The van der Waals surface area contributed by atoms with Gasteiger partial charge in [-0.1, -0.05) is 0 Å². The molecule has 0 bridgehead atoms. The average molecular weight is 293 g/mol. The van der Waals surface area contributed by atoms with Gasteiger partial charge in [-0.2, -0.15) is 13.2 Å². The van der Waals surface area contributed by atoms with Crippen LogP contribution in [0.3, 0.4) is 0 Å². The largest absolute Gasteiger partial charge is 0.416 e. The monoisotopic (exact) mass is 293 g/mol. The normalized spacial score (nSPS) is 17.9. The van der Waals surface area contributed by atoms with Gasteiger partial charge in [-0.25, -0.2) is 4.39 Å². The fourth-order valence-corrected chi connectivity index (χ4v) is 2.03. The van der Waals surface area contributed by atoms with Crippen LogP contribution in [-0.2, 0) is 17.5 Å². The van der Waals surface area contributed by atoms with E-state index in [-0.39, 0.29) is 24.1 Å². The van der Waals surface area contributed by atoms with Gasteiger partial charge in [0.1, 0.15) is 5.82 Å². The molecular weight excluding hydrogens is 278 g/mol. The molecule has 1 aromatic carbocycles. The van der Waals surface area contributed by atoms with E-state index >= 15 is 0 Å². The van der Waals surface area contributed by atoms with E-state index in [4.69, 9.17) is 4.74 Å². The zero-order valence-electron chi connectivity index (χ0n) is 10.6. The lowest BCUT2D eigenvalue weighted by Gasteiger charge is -2.40. The summed E-state index contributed by atoms with van der Waals surface area (Å²) in [5.41, 5.74) is -1.16. The second-order valence-electron chi connectivity index (χ2n) is 5.10. The summed E-state index contributed by atoms with van der Waals surface area (Å²) in [6.07, 6.45) is -4.56. The molecule has 1 saturated heterocycles. The molecular formula is C13H15F4NO2. The molecule has 1 aliphatic rings. The van der Waals surface area contributed by atoms with Gasteiger partial charge in [0.25, 0.3) is 0 Å². The Morgan fingerprint density at radius 3 is 2.45 bits per heavy atom. The SMILES string of the molecule is OCC1(CNCc2cc(F)cc(C(F)(F)F)c2)COC1. The molecule has 2 N–H and O–H groups in total. The Hall–Kier alpha value is -1.18. The number of benzene rings is 1. The van der Waals surface area contributed by atoms with E-state index < -0.39 is 17.6 Å². The van der Waals surface area contributed by atoms with E-state index in [1.807, 2.05) is 0 Å². The van der Waals surface area contributed by atoms with Crippen LogP contribution in [0.1, 0.15) is 11.1 Å². The molecule has 0 saturated carbocycles. The highest BCUT2D eigenvalue weighted by Gasteiger charge is 2.37. The molecule has 7 heteroatoms. The summed E-state index contributed by atoms with van der Waals surface area (Å²) in [4.78, 5) is 0. The van der Waals surface area contributed by atoms with Crippen LogP contribution in [0.4, 0.5) is 17.6 Å². The zero-order chi connectivity index (χ0) is 14.8. The number of aliphatic hydroxyl groups excluding tert-OH is 1. The van der Waals surface area contributed by atoms with E-state index in [9.17, 15) is 22.7 Å². The van der Waals surface area contributed by atoms with E-state index in [0.29, 0.717) is 25.8 Å². The number of alkyl halides is 3. The average Bonchev–Trinajstić information content (AvgIpc) is 2.31. The summed E-state index contributed by atoms with van der Waals surface area (Å²) in [6.45, 7) is 1.27. The smallest absolute Gasteiger partial charge is 0.396 e. The maximum absolute atomic E-state index is 13.2. The van der Waals surface area contributed by atoms with Crippen molar-refractivity contribution in [1.29, 1.82) is 0 Å². The van der Waals surface area contributed by atoms with Gasteiger partial charge in [0, 0.05) is 13.1 Å². The van der Waals surface area contributed by atoms with Crippen LogP contribution in [0.25, 0.3) is 0 Å². The minimum absolute atomic E-state index is 0.0586. The summed E-state index contributed by atoms with van der Waals surface area (Å²) >= 11 is 0. The highest BCUT2D eigenvalue weighted by Crippen LogP contribution is 2.30. The van der Waals surface area contributed by atoms with Crippen molar-refractivity contribution in [1.82, 2.24) is 5.32 Å². The second kappa shape index (κ2) is 5.67. The Kier molecular flexibility index (Phi) is 4.31. The molecule has 0 atom stereocenters. The third-order valence-electron chi connectivity index (χ3n) is 3.27. The standard InChI is InChI=1S/C13H15F4NO2/c14-11-2-9(1-10(3-11)13(15,16)17)4-18-5-12(6-19)7-20-8-12/h1-3,18-19H,4-8H2. The fourth-order valence-electron chi connectivity index (χ4n) is 2.03. The third-order valence-corrected chi connectivity index (χ3v) is 3.27. The van der Waals surface area contributed by atoms with Crippen LogP contribution in [0.2, 0.25) is 0 Å². The number of aliphatic hydroxyl groups is 1. The van der Waals surface area contributed by atoms with Crippen LogP contribution in [-0.4, -0.2) is 31.5 Å². The Morgan fingerprint density at radius 2 is 1.95 bits per heavy atom. The topological polar surface area (TPSA) is 41.5 Å². The lowest BCUT2D eigenvalue weighted by molar-refractivity contribution is -0.137. The molecule has 1 heterocycles. The first-order valence-electron chi connectivity index (χ1n) is 6.11. The van der Waals surface area contributed by atoms with Crippen molar-refractivity contribution in [3.8, 4) is 0 Å². The van der Waals surface area contributed by atoms with Gasteiger partial charge in [0.05, 0.1) is 30.8 Å². The summed E-state index contributed by atoms with van der Waals surface area (Å²) < 4.78 is 55.8. The summed E-state index contributed by atoms with van der Waals surface area (Å²) in [5, 5.41) is 12.1. The van der Waals surface area contributed by atoms with Gasteiger partial charge in [0.15, 0.2) is 0 Å². The van der Waals surface area contributed by atoms with Gasteiger partial charge in [-0.3, -0.25) is 0 Å². The van der Waals surface area contributed by atoms with Crippen molar-refractivity contribution in [3.63, 3.8) is 0 Å². The maximum atomic E-state index is 13.2. The molecule has 0 aromatic heterocycles. The summed E-state index contributed by atoms with van der Waals surface area (Å²) in [7, 11) is 0. The predicted octanol–water partition coefficient (Wildman–Crippen LogP) is 1.94. The molecule has 112 valence electrons. The molecule has 2 rings (SSSR count). The molecule has 20 heavy (non-hydrogen) atoms. The van der Waals surface area contributed by atoms with Crippen LogP contribution in [0.15, 0.2) is 18.2 Å². The van der Waals surface area contributed by atoms with Crippen molar-refractivity contribution in [2.24, 2.45) is 5.41 Å². The number of hydrogen-bond donors (Lipinski definition) is 2. The highest BCUT2D eigenvalue weighted by atomic mass is 19.4. The van der Waals surface area contributed by atoms with Gasteiger partial charge >= 0.3 is 6.18 Å². The molecule has 3 nitrogen and oxygen atoms in total. The molecule has 0 aliphatic carbocycles. The molecule has 0 unspecified atom stereocenters. The Balaban J connectivity index is 1.97. The van der Waals surface area contributed by atoms with E-state index in [0.717, 1.165) is 12.1 Å². The van der Waals surface area contributed by atoms with Crippen LogP contribution in [0, 0.1) is 11.2 Å². The van der Waals surface area contributed by atoms with Gasteiger partial charge in [-0.15, -0.1) is 0 Å². The second-order valence-corrected chi connectivity index (χ2v) is 5.10. The van der Waals surface area contributed by atoms with Crippen LogP contribution < -0.4 is 5.32 Å². The van der Waals surface area contributed by atoms with Gasteiger partial charge in [0.2, 0.25) is 0 Å². The highest BCUT2D eigenvalue weighted by molar-refractivity contribution is 5.26. The maximum Gasteiger partial charge on any atom is 0.416 e. The van der Waals surface area contributed by atoms with Gasteiger partial charge in [-0.05, 0) is 23.8 Å². The van der Waals surface area contributed by atoms with Crippen molar-refractivity contribution in [3.05, 3.63) is 35.1 Å². The number of rotatable bonds is 5. The van der Waals surface area contributed by atoms with Crippen LogP contribution in [0.5, 0.6) is 0 Å². The molecule has 1 fully saturated rings. The first-order valence-corrected chi connectivity index (χ1v) is 6.11. The molecule has 0 spiro atoms. The predicted molar refractivity (Wildman–Crippen MR) is 63.4 cm³/mol. The van der Waals surface area contributed by atoms with Crippen molar-refractivity contribution >= 4 is 0 Å². The third kappa shape index (κ3) is 3.47. The lowest BCUT2D eigenvalue weighted by atomic mass is 9.87. The van der Waals surface area contributed by atoms with E-state index in [1.165, 1.54) is 0 Å². The minimum Gasteiger partial charge on any atom is -0.396 e. The van der Waals surface area contributed by atoms with Crippen LogP contribution >= 0.6 is 0 Å². The lowest BCUT2D eigenvalue weighted by Crippen LogP contribution is -2.52. The molecule has 0 radical (unpaired) electrons. The van der Waals surface area contributed by atoms with Crippen molar-refractivity contribution in [2.45, 2.75) is 12.7 Å². The van der Waals surface area contributed by atoms with E-state index in [1.54, 1.807) is 0 Å². The number of halogens is 4. The Bertz CT molecular complexity index is 466. The van der Waals surface area contributed by atoms with E-state index in [2.05, 4.69) is 5.32 Å². The molecule has 1 aromatic rings. The summed E-state index contributed by atoms with van der Waals surface area (Å²) in [5.74, 6) is -0.916. The number of nitrogens with one attached hydrogen (secondary N) is 1. The summed E-state index contributed by atoms with van der Waals surface area (Å²) in [6, 6.07) is 2.45. The molecule has 1 aliphatic heterocycles. The quantitative estimate of drug-likeness (QED) is 0.815. The van der Waals surface area contributed by atoms with Gasteiger partial charge < -0.3 is 15.2 Å². The fraction of sp³-hybridized carbons (Fsp3) is 0.538. The number of hydrogen-bond acceptors (Lipinski definition) is 3. The minimum atomic E-state index is -4.56. The van der Waals surface area contributed by atoms with Crippen molar-refractivity contribution in [2.75, 3.05) is 26.4 Å². The Labute approximate surface area is 113 Å². The van der Waals surface area contributed by atoms with Crippen molar-refractivity contribution < 1.29 is 27.4 Å². The first kappa shape index (κ1) is 15.2. The first-order chi connectivity index (χ1) is 9.35.